The van der Waals surface area contributed by atoms with E-state index in [0.29, 0.717) is 5.69 Å². The second kappa shape index (κ2) is 5.90. The first-order valence-corrected chi connectivity index (χ1v) is 6.68. The summed E-state index contributed by atoms with van der Waals surface area (Å²) < 4.78 is 6.28. The summed E-state index contributed by atoms with van der Waals surface area (Å²) in [6.45, 7) is 3.48. The monoisotopic (exact) mass is 295 g/mol. The zero-order valence-electron chi connectivity index (χ0n) is 11.8. The van der Waals surface area contributed by atoms with Crippen LogP contribution in [-0.4, -0.2) is 39.5 Å². The second-order valence-electron chi connectivity index (χ2n) is 4.79. The van der Waals surface area contributed by atoms with Gasteiger partial charge in [0.1, 0.15) is 6.04 Å². The van der Waals surface area contributed by atoms with Crippen LogP contribution in [0.15, 0.2) is 0 Å². The van der Waals surface area contributed by atoms with E-state index in [2.05, 4.69) is 10.3 Å². The summed E-state index contributed by atoms with van der Waals surface area (Å²) in [4.78, 5) is 34.5. The van der Waals surface area contributed by atoms with Gasteiger partial charge in [-0.2, -0.15) is 0 Å². The fraction of sp³-hybridized carbons (Fsp3) is 0.583. The minimum atomic E-state index is -0.939. The van der Waals surface area contributed by atoms with Gasteiger partial charge in [-0.1, -0.05) is 5.21 Å². The molecule has 1 saturated carbocycles. The molecule has 0 spiro atoms. The predicted molar refractivity (Wildman–Crippen MR) is 70.4 cm³/mol. The molecule has 2 rings (SSSR count). The molecule has 114 valence electrons. The molecule has 1 unspecified atom stereocenters. The molecule has 1 fully saturated rings. The number of hydrogen-bond donors (Lipinski definition) is 2. The lowest BCUT2D eigenvalue weighted by molar-refractivity contribution is -0.123. The molecule has 0 saturated heterocycles. The van der Waals surface area contributed by atoms with Crippen LogP contribution in [-0.2, 0) is 9.53 Å². The maximum atomic E-state index is 11.9. The summed E-state index contributed by atoms with van der Waals surface area (Å²) >= 11 is 0. The number of carbonyl (C=O) groups excluding carboxylic acids is 3. The van der Waals surface area contributed by atoms with Gasteiger partial charge in [0.15, 0.2) is 5.69 Å². The Morgan fingerprint density at radius 2 is 2.14 bits per heavy atom. The number of nitrogens with two attached hydrogens (primary N) is 1. The van der Waals surface area contributed by atoms with E-state index in [1.54, 1.807) is 13.8 Å². The number of ether oxygens (including phenoxy) is 1. The van der Waals surface area contributed by atoms with Crippen molar-refractivity contribution in [2.24, 2.45) is 5.73 Å². The number of nitrogens with zero attached hydrogens (tertiary/aromatic N) is 3. The molecule has 3 amide bonds. The fourth-order valence-corrected chi connectivity index (χ4v) is 2.01. The van der Waals surface area contributed by atoms with Gasteiger partial charge >= 0.3 is 12.0 Å². The second-order valence-corrected chi connectivity index (χ2v) is 4.79. The zero-order chi connectivity index (χ0) is 15.6. The smallest absolute Gasteiger partial charge is 0.360 e. The van der Waals surface area contributed by atoms with Crippen LogP contribution >= 0.6 is 0 Å². The van der Waals surface area contributed by atoms with Crippen LogP contribution in [0.25, 0.3) is 0 Å². The van der Waals surface area contributed by atoms with Crippen molar-refractivity contribution in [3.05, 3.63) is 11.4 Å². The summed E-state index contributed by atoms with van der Waals surface area (Å²) in [5, 5.41) is 9.67. The quantitative estimate of drug-likeness (QED) is 0.740. The van der Waals surface area contributed by atoms with E-state index in [4.69, 9.17) is 10.5 Å². The largest absolute Gasteiger partial charge is 0.461 e. The van der Waals surface area contributed by atoms with Crippen molar-refractivity contribution in [2.75, 3.05) is 6.61 Å². The lowest BCUT2D eigenvalue weighted by Crippen LogP contribution is -2.39. The number of aromatic nitrogens is 3. The maximum Gasteiger partial charge on any atom is 0.360 e. The average Bonchev–Trinajstić information content (AvgIpc) is 3.16. The third-order valence-corrected chi connectivity index (χ3v) is 3.16. The number of imide groups is 1. The van der Waals surface area contributed by atoms with E-state index < -0.39 is 23.9 Å². The molecule has 0 bridgehead atoms. The van der Waals surface area contributed by atoms with Gasteiger partial charge < -0.3 is 10.5 Å². The van der Waals surface area contributed by atoms with Crippen molar-refractivity contribution < 1.29 is 19.1 Å². The van der Waals surface area contributed by atoms with Gasteiger partial charge in [0.05, 0.1) is 12.3 Å². The molecule has 1 aliphatic carbocycles. The number of rotatable bonds is 5. The molecule has 1 atom stereocenters. The van der Waals surface area contributed by atoms with Crippen LogP contribution in [0.3, 0.4) is 0 Å². The number of amides is 3. The molecule has 1 aromatic heterocycles. The van der Waals surface area contributed by atoms with E-state index in [1.807, 2.05) is 5.32 Å². The first kappa shape index (κ1) is 14.9. The SMILES string of the molecule is CCOC(=O)c1nnn(C(C)C(=O)NC(N)=O)c1C1CC1. The van der Waals surface area contributed by atoms with E-state index in [9.17, 15) is 14.4 Å². The Balaban J connectivity index is 2.29. The lowest BCUT2D eigenvalue weighted by Gasteiger charge is -2.13. The minimum Gasteiger partial charge on any atom is -0.461 e. The van der Waals surface area contributed by atoms with Gasteiger partial charge in [0.2, 0.25) is 0 Å². The third kappa shape index (κ3) is 3.18. The Bertz CT molecular complexity index is 578. The number of urea groups is 1. The van der Waals surface area contributed by atoms with Crippen molar-refractivity contribution in [1.82, 2.24) is 20.3 Å². The van der Waals surface area contributed by atoms with Gasteiger partial charge in [0.25, 0.3) is 5.91 Å². The van der Waals surface area contributed by atoms with E-state index in [-0.39, 0.29) is 18.2 Å². The van der Waals surface area contributed by atoms with E-state index in [1.165, 1.54) is 4.68 Å². The minimum absolute atomic E-state index is 0.123. The van der Waals surface area contributed by atoms with Crippen LogP contribution in [0.4, 0.5) is 4.79 Å². The number of esters is 1. The van der Waals surface area contributed by atoms with Crippen molar-refractivity contribution >= 4 is 17.9 Å². The Labute approximate surface area is 120 Å². The van der Waals surface area contributed by atoms with Crippen LogP contribution in [0.5, 0.6) is 0 Å². The molecule has 3 N–H and O–H groups in total. The van der Waals surface area contributed by atoms with Gasteiger partial charge in [-0.25, -0.2) is 14.3 Å². The summed E-state index contributed by atoms with van der Waals surface area (Å²) in [6, 6.07) is -1.74. The molecular weight excluding hydrogens is 278 g/mol. The third-order valence-electron chi connectivity index (χ3n) is 3.16. The van der Waals surface area contributed by atoms with Crippen LogP contribution in [0.2, 0.25) is 0 Å². The molecule has 21 heavy (non-hydrogen) atoms. The zero-order valence-corrected chi connectivity index (χ0v) is 11.8. The van der Waals surface area contributed by atoms with Gasteiger partial charge in [0, 0.05) is 5.92 Å². The molecule has 1 aromatic rings. The molecule has 0 aliphatic heterocycles. The van der Waals surface area contributed by atoms with Crippen LogP contribution in [0.1, 0.15) is 54.8 Å². The highest BCUT2D eigenvalue weighted by molar-refractivity contribution is 5.95. The number of hydrogen-bond acceptors (Lipinski definition) is 6. The predicted octanol–water partition coefficient (Wildman–Crippen LogP) is 0.0881. The van der Waals surface area contributed by atoms with Gasteiger partial charge in [-0.3, -0.25) is 10.1 Å². The van der Waals surface area contributed by atoms with Crippen molar-refractivity contribution in [1.29, 1.82) is 0 Å². The first-order valence-electron chi connectivity index (χ1n) is 6.68. The summed E-state index contributed by atoms with van der Waals surface area (Å²) in [7, 11) is 0. The van der Waals surface area contributed by atoms with Crippen LogP contribution < -0.4 is 11.1 Å². The van der Waals surface area contributed by atoms with E-state index in [0.717, 1.165) is 12.8 Å². The lowest BCUT2D eigenvalue weighted by atomic mass is 10.2. The Morgan fingerprint density at radius 1 is 1.48 bits per heavy atom. The summed E-state index contributed by atoms with van der Waals surface area (Å²) in [5.74, 6) is -1.04. The fourth-order valence-electron chi connectivity index (χ4n) is 2.01. The first-order chi connectivity index (χ1) is 9.95. The molecular formula is C12H17N5O4. The summed E-state index contributed by atoms with van der Waals surface area (Å²) in [5.41, 5.74) is 5.62. The molecule has 0 radical (unpaired) electrons. The number of nitrogens with one attached hydrogen (secondary N) is 1. The molecule has 1 aliphatic rings. The van der Waals surface area contributed by atoms with Gasteiger partial charge in [-0.05, 0) is 26.7 Å². The highest BCUT2D eigenvalue weighted by Crippen LogP contribution is 2.42. The van der Waals surface area contributed by atoms with Crippen LogP contribution in [0, 0.1) is 0 Å². The van der Waals surface area contributed by atoms with Crippen molar-refractivity contribution in [3.8, 4) is 0 Å². The topological polar surface area (TPSA) is 129 Å². The Hall–Kier alpha value is -2.45. The van der Waals surface area contributed by atoms with Crippen molar-refractivity contribution in [3.63, 3.8) is 0 Å². The molecule has 9 nitrogen and oxygen atoms in total. The number of primary amides is 1. The van der Waals surface area contributed by atoms with E-state index >= 15 is 0 Å². The summed E-state index contributed by atoms with van der Waals surface area (Å²) in [6.07, 6.45) is 1.79. The maximum absolute atomic E-state index is 11.9. The molecule has 1 heterocycles. The highest BCUT2D eigenvalue weighted by atomic mass is 16.5. The van der Waals surface area contributed by atoms with Crippen molar-refractivity contribution in [2.45, 2.75) is 38.6 Å². The number of carbonyl (C=O) groups is 3. The normalized spacial score (nSPS) is 15.3. The average molecular weight is 295 g/mol. The Kier molecular flexibility index (Phi) is 4.20. The van der Waals surface area contributed by atoms with Gasteiger partial charge in [-0.15, -0.1) is 5.10 Å². The Morgan fingerprint density at radius 3 is 2.67 bits per heavy atom. The highest BCUT2D eigenvalue weighted by Gasteiger charge is 2.36. The molecule has 9 heteroatoms. The molecule has 0 aromatic carbocycles. The standard InChI is InChI=1S/C12H17N5O4/c1-3-21-11(19)8-9(7-4-5-7)17(16-15-8)6(2)10(18)14-12(13)20/h6-7H,3-5H2,1-2H3,(H3,13,14,18,20).